The lowest BCUT2D eigenvalue weighted by atomic mass is 10.2. The second-order valence-corrected chi connectivity index (χ2v) is 6.69. The summed E-state index contributed by atoms with van der Waals surface area (Å²) < 4.78 is 27.1. The molecule has 0 aliphatic rings. The molecule has 0 aromatic heterocycles. The molecule has 0 radical (unpaired) electrons. The van der Waals surface area contributed by atoms with E-state index in [4.69, 9.17) is 0 Å². The van der Waals surface area contributed by atoms with E-state index in [9.17, 15) is 8.42 Å². The van der Waals surface area contributed by atoms with Gasteiger partial charge in [0.2, 0.25) is 10.0 Å². The van der Waals surface area contributed by atoms with Gasteiger partial charge in [-0.3, -0.25) is 4.72 Å². The molecule has 0 spiro atoms. The van der Waals surface area contributed by atoms with Crippen molar-refractivity contribution in [2.45, 2.75) is 13.0 Å². The van der Waals surface area contributed by atoms with Crippen LogP contribution >= 0.6 is 0 Å². The second kappa shape index (κ2) is 7.24. The van der Waals surface area contributed by atoms with Gasteiger partial charge < -0.3 is 5.32 Å². The minimum Gasteiger partial charge on any atom is -0.316 e. The Morgan fingerprint density at radius 2 is 1.62 bits per heavy atom. The van der Waals surface area contributed by atoms with Crippen molar-refractivity contribution < 1.29 is 8.42 Å². The van der Waals surface area contributed by atoms with Crippen LogP contribution < -0.4 is 10.0 Å². The fourth-order valence-electron chi connectivity index (χ4n) is 2.08. The Bertz CT molecular complexity index is 670. The first-order chi connectivity index (χ1) is 10.1. The van der Waals surface area contributed by atoms with Gasteiger partial charge in [0.15, 0.2) is 0 Å². The molecule has 21 heavy (non-hydrogen) atoms. The summed E-state index contributed by atoms with van der Waals surface area (Å²) in [5.41, 5.74) is 2.59. The van der Waals surface area contributed by atoms with Crippen molar-refractivity contribution in [2.75, 3.05) is 17.5 Å². The molecule has 2 aromatic rings. The molecular formula is C16H20N2O2S. The fraction of sp³-hybridized carbons (Fsp3) is 0.250. The highest BCUT2D eigenvalue weighted by atomic mass is 32.2. The minimum absolute atomic E-state index is 0.0743. The van der Waals surface area contributed by atoms with E-state index >= 15 is 0 Å². The van der Waals surface area contributed by atoms with Gasteiger partial charge in [-0.05, 0) is 30.7 Å². The highest BCUT2D eigenvalue weighted by molar-refractivity contribution is 7.92. The van der Waals surface area contributed by atoms with E-state index in [-0.39, 0.29) is 5.75 Å². The molecule has 0 heterocycles. The summed E-state index contributed by atoms with van der Waals surface area (Å²) in [7, 11) is -1.52. The summed E-state index contributed by atoms with van der Waals surface area (Å²) in [4.78, 5) is 0. The van der Waals surface area contributed by atoms with Gasteiger partial charge in [0.1, 0.15) is 0 Å². The predicted octanol–water partition coefficient (Wildman–Crippen LogP) is 2.39. The summed E-state index contributed by atoms with van der Waals surface area (Å²) in [5.74, 6) is 0.0743. The van der Waals surface area contributed by atoms with Gasteiger partial charge in [-0.2, -0.15) is 0 Å². The molecule has 0 atom stereocenters. The van der Waals surface area contributed by atoms with Crippen LogP contribution in [0, 0.1) is 0 Å². The summed E-state index contributed by atoms with van der Waals surface area (Å²) >= 11 is 0. The molecular weight excluding hydrogens is 284 g/mol. The Morgan fingerprint density at radius 1 is 0.952 bits per heavy atom. The second-order valence-electron chi connectivity index (χ2n) is 4.84. The van der Waals surface area contributed by atoms with E-state index in [1.54, 1.807) is 6.07 Å². The zero-order valence-electron chi connectivity index (χ0n) is 12.0. The lowest BCUT2D eigenvalue weighted by Crippen LogP contribution is -2.20. The SMILES string of the molecule is CNCc1ccccc1NS(=O)(=O)CCc1ccccc1. The maximum Gasteiger partial charge on any atom is 0.233 e. The molecule has 2 rings (SSSR count). The maximum atomic E-state index is 12.2. The van der Waals surface area contributed by atoms with Crippen LogP contribution in [-0.2, 0) is 23.0 Å². The molecule has 2 N–H and O–H groups in total. The first-order valence-corrected chi connectivity index (χ1v) is 8.53. The van der Waals surface area contributed by atoms with E-state index in [1.807, 2.05) is 55.6 Å². The van der Waals surface area contributed by atoms with Crippen LogP contribution in [0.15, 0.2) is 54.6 Å². The normalized spacial score (nSPS) is 11.3. The number of anilines is 1. The summed E-state index contributed by atoms with van der Waals surface area (Å²) in [6.45, 7) is 0.622. The molecule has 0 saturated heterocycles. The zero-order valence-corrected chi connectivity index (χ0v) is 12.9. The van der Waals surface area contributed by atoms with Crippen molar-refractivity contribution in [3.63, 3.8) is 0 Å². The highest BCUT2D eigenvalue weighted by Gasteiger charge is 2.12. The Morgan fingerprint density at radius 3 is 2.33 bits per heavy atom. The number of para-hydroxylation sites is 1. The molecule has 4 nitrogen and oxygen atoms in total. The average Bonchev–Trinajstić information content (AvgIpc) is 2.48. The lowest BCUT2D eigenvalue weighted by molar-refractivity contribution is 0.600. The third-order valence-electron chi connectivity index (χ3n) is 3.15. The van der Waals surface area contributed by atoms with Gasteiger partial charge >= 0.3 is 0 Å². The van der Waals surface area contributed by atoms with Gasteiger partial charge in [0.25, 0.3) is 0 Å². The van der Waals surface area contributed by atoms with Crippen LogP contribution in [0.1, 0.15) is 11.1 Å². The molecule has 2 aromatic carbocycles. The predicted molar refractivity (Wildman–Crippen MR) is 86.8 cm³/mol. The highest BCUT2D eigenvalue weighted by Crippen LogP contribution is 2.16. The molecule has 112 valence electrons. The Labute approximate surface area is 126 Å². The van der Waals surface area contributed by atoms with Gasteiger partial charge in [0, 0.05) is 6.54 Å². The van der Waals surface area contributed by atoms with Crippen LogP contribution in [0.4, 0.5) is 5.69 Å². The lowest BCUT2D eigenvalue weighted by Gasteiger charge is -2.12. The maximum absolute atomic E-state index is 12.2. The first kappa shape index (κ1) is 15.5. The van der Waals surface area contributed by atoms with Gasteiger partial charge in [-0.25, -0.2) is 8.42 Å². The molecule has 0 bridgehead atoms. The number of hydrogen-bond acceptors (Lipinski definition) is 3. The van der Waals surface area contributed by atoms with Gasteiger partial charge in [0.05, 0.1) is 11.4 Å². The van der Waals surface area contributed by atoms with Crippen LogP contribution in [0.2, 0.25) is 0 Å². The summed E-state index contributed by atoms with van der Waals surface area (Å²) in [6, 6.07) is 17.0. The van der Waals surface area contributed by atoms with Crippen molar-refractivity contribution in [1.29, 1.82) is 0 Å². The molecule has 0 aliphatic carbocycles. The van der Waals surface area contributed by atoms with Gasteiger partial charge in [-0.1, -0.05) is 48.5 Å². The molecule has 0 amide bonds. The van der Waals surface area contributed by atoms with Crippen molar-refractivity contribution in [3.05, 3.63) is 65.7 Å². The number of sulfonamides is 1. The van der Waals surface area contributed by atoms with Crippen molar-refractivity contribution in [1.82, 2.24) is 5.32 Å². The summed E-state index contributed by atoms with van der Waals surface area (Å²) in [6.07, 6.45) is 0.504. The monoisotopic (exact) mass is 304 g/mol. The molecule has 0 unspecified atom stereocenters. The van der Waals surface area contributed by atoms with E-state index in [0.717, 1.165) is 11.1 Å². The third-order valence-corrected chi connectivity index (χ3v) is 4.42. The smallest absolute Gasteiger partial charge is 0.233 e. The van der Waals surface area contributed by atoms with E-state index in [0.29, 0.717) is 18.7 Å². The van der Waals surface area contributed by atoms with E-state index in [2.05, 4.69) is 10.0 Å². The van der Waals surface area contributed by atoms with Crippen LogP contribution in [0.5, 0.6) is 0 Å². The minimum atomic E-state index is -3.35. The Balaban J connectivity index is 2.04. The topological polar surface area (TPSA) is 58.2 Å². The van der Waals surface area contributed by atoms with Crippen molar-refractivity contribution in [3.8, 4) is 0 Å². The molecule has 0 aliphatic heterocycles. The van der Waals surface area contributed by atoms with E-state index in [1.165, 1.54) is 0 Å². The van der Waals surface area contributed by atoms with Crippen molar-refractivity contribution in [2.24, 2.45) is 0 Å². The first-order valence-electron chi connectivity index (χ1n) is 6.87. The molecule has 5 heteroatoms. The van der Waals surface area contributed by atoms with Crippen LogP contribution in [0.3, 0.4) is 0 Å². The van der Waals surface area contributed by atoms with Crippen molar-refractivity contribution >= 4 is 15.7 Å². The third kappa shape index (κ3) is 4.88. The van der Waals surface area contributed by atoms with Crippen LogP contribution in [0.25, 0.3) is 0 Å². The fourth-order valence-corrected chi connectivity index (χ4v) is 3.22. The average molecular weight is 304 g/mol. The molecule has 0 saturated carbocycles. The number of benzene rings is 2. The number of hydrogen-bond donors (Lipinski definition) is 2. The Hall–Kier alpha value is -1.85. The number of rotatable bonds is 7. The standard InChI is InChI=1S/C16H20N2O2S/c1-17-13-15-9-5-6-10-16(15)18-21(19,20)12-11-14-7-3-2-4-8-14/h2-10,17-18H,11-13H2,1H3. The largest absolute Gasteiger partial charge is 0.316 e. The summed E-state index contributed by atoms with van der Waals surface area (Å²) in [5, 5.41) is 3.03. The quantitative estimate of drug-likeness (QED) is 0.826. The van der Waals surface area contributed by atoms with E-state index < -0.39 is 10.0 Å². The van der Waals surface area contributed by atoms with Gasteiger partial charge in [-0.15, -0.1) is 0 Å². The Kier molecular flexibility index (Phi) is 5.36. The number of aryl methyl sites for hydroxylation is 1. The molecule has 0 fully saturated rings. The zero-order chi connectivity index (χ0) is 15.1. The van der Waals surface area contributed by atoms with Crippen LogP contribution in [-0.4, -0.2) is 21.2 Å². The number of nitrogens with one attached hydrogen (secondary N) is 2.